The normalized spacial score (nSPS) is 10.6. The minimum Gasteiger partial charge on any atom is -0.356 e. The van der Waals surface area contributed by atoms with E-state index in [0.717, 1.165) is 13.0 Å². The summed E-state index contributed by atoms with van der Waals surface area (Å²) in [6.45, 7) is 1.58. The summed E-state index contributed by atoms with van der Waals surface area (Å²) in [7, 11) is 3.99. The first-order valence-corrected chi connectivity index (χ1v) is 7.07. The third kappa shape index (κ3) is 6.68. The molecule has 0 radical (unpaired) electrons. The van der Waals surface area contributed by atoms with Crippen LogP contribution in [0.5, 0.6) is 0 Å². The highest BCUT2D eigenvalue weighted by atomic mass is 35.5. The minimum absolute atomic E-state index is 0.0369. The monoisotopic (exact) mass is 296 g/mol. The van der Waals surface area contributed by atoms with Crippen LogP contribution in [0.15, 0.2) is 24.3 Å². The van der Waals surface area contributed by atoms with Crippen LogP contribution in [0.4, 0.5) is 0 Å². The molecule has 0 aliphatic rings. The van der Waals surface area contributed by atoms with Crippen molar-refractivity contribution in [2.75, 3.05) is 27.2 Å². The molecule has 0 spiro atoms. The summed E-state index contributed by atoms with van der Waals surface area (Å²) in [5.74, 6) is -0.115. The highest BCUT2D eigenvalue weighted by Crippen LogP contribution is 2.11. The molecular weight excluding hydrogens is 276 g/mol. The van der Waals surface area contributed by atoms with Crippen molar-refractivity contribution < 1.29 is 9.59 Å². The van der Waals surface area contributed by atoms with Gasteiger partial charge in [-0.1, -0.05) is 11.6 Å². The van der Waals surface area contributed by atoms with Crippen molar-refractivity contribution >= 4 is 23.3 Å². The van der Waals surface area contributed by atoms with Crippen molar-refractivity contribution in [2.45, 2.75) is 19.3 Å². The van der Waals surface area contributed by atoms with E-state index in [-0.39, 0.29) is 24.5 Å². The predicted octanol–water partition coefficient (Wildman–Crippen LogP) is 2.37. The molecular formula is C15H21ClN2O2. The van der Waals surface area contributed by atoms with Gasteiger partial charge in [0.05, 0.1) is 0 Å². The molecule has 0 unspecified atom stereocenters. The van der Waals surface area contributed by atoms with Gasteiger partial charge in [0.2, 0.25) is 5.91 Å². The van der Waals surface area contributed by atoms with E-state index in [0.29, 0.717) is 17.1 Å². The van der Waals surface area contributed by atoms with Crippen molar-refractivity contribution in [1.29, 1.82) is 0 Å². The maximum atomic E-state index is 11.8. The number of nitrogens with zero attached hydrogens (tertiary/aromatic N) is 1. The Kier molecular flexibility index (Phi) is 7.26. The van der Waals surface area contributed by atoms with E-state index < -0.39 is 0 Å². The quantitative estimate of drug-likeness (QED) is 0.592. The zero-order valence-corrected chi connectivity index (χ0v) is 12.7. The Hall–Kier alpha value is -1.39. The molecule has 0 atom stereocenters. The molecule has 0 aliphatic carbocycles. The number of rotatable bonds is 8. The molecule has 0 saturated carbocycles. The number of carbonyl (C=O) groups is 2. The average molecular weight is 297 g/mol. The van der Waals surface area contributed by atoms with Crippen LogP contribution in [0.25, 0.3) is 0 Å². The maximum absolute atomic E-state index is 11.8. The van der Waals surface area contributed by atoms with E-state index in [9.17, 15) is 9.59 Å². The molecule has 1 rings (SSSR count). The standard InChI is InChI=1S/C15H21ClN2O2/c1-18(2)11-3-10-17-15(20)9-8-14(19)12-4-6-13(16)7-5-12/h4-7H,3,8-11H2,1-2H3,(H,17,20). The van der Waals surface area contributed by atoms with E-state index >= 15 is 0 Å². The molecule has 5 heteroatoms. The zero-order valence-electron chi connectivity index (χ0n) is 12.0. The van der Waals surface area contributed by atoms with Gasteiger partial charge in [-0.3, -0.25) is 9.59 Å². The highest BCUT2D eigenvalue weighted by Gasteiger charge is 2.09. The van der Waals surface area contributed by atoms with Crippen molar-refractivity contribution in [2.24, 2.45) is 0 Å². The molecule has 0 saturated heterocycles. The number of halogens is 1. The SMILES string of the molecule is CN(C)CCCNC(=O)CCC(=O)c1ccc(Cl)cc1. The van der Waals surface area contributed by atoms with Crippen molar-refractivity contribution in [1.82, 2.24) is 10.2 Å². The average Bonchev–Trinajstić information content (AvgIpc) is 2.41. The van der Waals surface area contributed by atoms with Crippen LogP contribution in [0.2, 0.25) is 5.02 Å². The van der Waals surface area contributed by atoms with E-state index in [1.54, 1.807) is 24.3 Å². The van der Waals surface area contributed by atoms with Gasteiger partial charge in [-0.05, 0) is 51.3 Å². The van der Waals surface area contributed by atoms with Gasteiger partial charge in [0, 0.05) is 30.0 Å². The largest absolute Gasteiger partial charge is 0.356 e. The first-order valence-electron chi connectivity index (χ1n) is 6.69. The molecule has 1 aromatic carbocycles. The number of carbonyl (C=O) groups excluding carboxylic acids is 2. The molecule has 0 fully saturated rings. The highest BCUT2D eigenvalue weighted by molar-refractivity contribution is 6.30. The summed E-state index contributed by atoms with van der Waals surface area (Å²) in [5, 5.41) is 3.41. The molecule has 4 nitrogen and oxygen atoms in total. The number of Topliss-reactive ketones (excluding diaryl/α,β-unsaturated/α-hetero) is 1. The number of hydrogen-bond donors (Lipinski definition) is 1. The molecule has 110 valence electrons. The summed E-state index contributed by atoms with van der Waals surface area (Å²) in [6.07, 6.45) is 1.36. The van der Waals surface area contributed by atoms with Crippen molar-refractivity contribution in [3.05, 3.63) is 34.9 Å². The van der Waals surface area contributed by atoms with Crippen molar-refractivity contribution in [3.63, 3.8) is 0 Å². The second-order valence-corrected chi connectivity index (χ2v) is 5.37. The predicted molar refractivity (Wildman–Crippen MR) is 81.2 cm³/mol. The second kappa shape index (κ2) is 8.72. The van der Waals surface area contributed by atoms with Crippen LogP contribution >= 0.6 is 11.6 Å². The van der Waals surface area contributed by atoms with Gasteiger partial charge in [-0.25, -0.2) is 0 Å². The number of benzene rings is 1. The van der Waals surface area contributed by atoms with E-state index in [4.69, 9.17) is 11.6 Å². The number of amides is 1. The maximum Gasteiger partial charge on any atom is 0.220 e. The van der Waals surface area contributed by atoms with E-state index in [2.05, 4.69) is 10.2 Å². The topological polar surface area (TPSA) is 49.4 Å². The van der Waals surface area contributed by atoms with Crippen LogP contribution in [-0.2, 0) is 4.79 Å². The van der Waals surface area contributed by atoms with E-state index in [1.165, 1.54) is 0 Å². The first kappa shape index (κ1) is 16.7. The first-order chi connectivity index (χ1) is 9.49. The Labute approximate surface area is 125 Å². The molecule has 1 aromatic rings. The number of ketones is 1. The smallest absolute Gasteiger partial charge is 0.220 e. The van der Waals surface area contributed by atoms with E-state index in [1.807, 2.05) is 14.1 Å². The fraction of sp³-hybridized carbons (Fsp3) is 0.467. The Morgan fingerprint density at radius 2 is 1.80 bits per heavy atom. The number of nitrogens with one attached hydrogen (secondary N) is 1. The molecule has 0 aromatic heterocycles. The fourth-order valence-corrected chi connectivity index (χ4v) is 1.84. The summed E-state index contributed by atoms with van der Waals surface area (Å²) in [6, 6.07) is 6.71. The Balaban J connectivity index is 2.23. The van der Waals surface area contributed by atoms with Gasteiger partial charge in [-0.15, -0.1) is 0 Å². The summed E-state index contributed by atoms with van der Waals surface area (Å²) in [5.41, 5.74) is 0.592. The summed E-state index contributed by atoms with van der Waals surface area (Å²) >= 11 is 5.76. The van der Waals surface area contributed by atoms with Gasteiger partial charge >= 0.3 is 0 Å². The fourth-order valence-electron chi connectivity index (χ4n) is 1.72. The van der Waals surface area contributed by atoms with Gasteiger partial charge in [0.1, 0.15) is 0 Å². The molecule has 20 heavy (non-hydrogen) atoms. The second-order valence-electron chi connectivity index (χ2n) is 4.94. The van der Waals surface area contributed by atoms with Gasteiger partial charge < -0.3 is 10.2 Å². The van der Waals surface area contributed by atoms with Crippen molar-refractivity contribution in [3.8, 4) is 0 Å². The third-order valence-corrected chi connectivity index (χ3v) is 3.10. The molecule has 0 aliphatic heterocycles. The Morgan fingerprint density at radius 3 is 2.40 bits per heavy atom. The zero-order chi connectivity index (χ0) is 15.0. The molecule has 0 heterocycles. The lowest BCUT2D eigenvalue weighted by molar-refractivity contribution is -0.121. The van der Waals surface area contributed by atoms with Gasteiger partial charge in [0.15, 0.2) is 5.78 Å². The Bertz CT molecular complexity index is 444. The van der Waals surface area contributed by atoms with Gasteiger partial charge in [0.25, 0.3) is 0 Å². The summed E-state index contributed by atoms with van der Waals surface area (Å²) < 4.78 is 0. The van der Waals surface area contributed by atoms with Crippen LogP contribution < -0.4 is 5.32 Å². The summed E-state index contributed by atoms with van der Waals surface area (Å²) in [4.78, 5) is 25.5. The number of hydrogen-bond acceptors (Lipinski definition) is 3. The lowest BCUT2D eigenvalue weighted by atomic mass is 10.1. The molecule has 1 N–H and O–H groups in total. The van der Waals surface area contributed by atoms with Gasteiger partial charge in [-0.2, -0.15) is 0 Å². The van der Waals surface area contributed by atoms with Crippen LogP contribution in [0.3, 0.4) is 0 Å². The third-order valence-electron chi connectivity index (χ3n) is 2.85. The lowest BCUT2D eigenvalue weighted by Crippen LogP contribution is -2.27. The van der Waals surface area contributed by atoms with Crippen LogP contribution in [-0.4, -0.2) is 43.8 Å². The molecule has 1 amide bonds. The molecule has 0 bridgehead atoms. The minimum atomic E-state index is -0.0777. The lowest BCUT2D eigenvalue weighted by Gasteiger charge is -2.09. The van der Waals surface area contributed by atoms with Crippen LogP contribution in [0.1, 0.15) is 29.6 Å². The Morgan fingerprint density at radius 1 is 1.15 bits per heavy atom. The van der Waals surface area contributed by atoms with Crippen LogP contribution in [0, 0.1) is 0 Å².